The van der Waals surface area contributed by atoms with Crippen molar-refractivity contribution in [3.63, 3.8) is 0 Å². The van der Waals surface area contributed by atoms with Crippen LogP contribution in [0.25, 0.3) is 0 Å². The fraction of sp³-hybridized carbons (Fsp3) is 0.188. The minimum absolute atomic E-state index is 0.102. The molecular formula is C16H17FN2O2. The monoisotopic (exact) mass is 288 g/mol. The molecule has 3 N–H and O–H groups in total. The Bertz CT molecular complexity index is 627. The molecule has 0 saturated heterocycles. The van der Waals surface area contributed by atoms with Gasteiger partial charge in [-0.3, -0.25) is 5.41 Å². The number of methoxy groups -OCH3 is 1. The van der Waals surface area contributed by atoms with Crippen LogP contribution in [0.1, 0.15) is 11.1 Å². The first-order valence-corrected chi connectivity index (χ1v) is 6.50. The van der Waals surface area contributed by atoms with E-state index < -0.39 is 5.82 Å². The van der Waals surface area contributed by atoms with E-state index in [1.807, 2.05) is 12.1 Å². The van der Waals surface area contributed by atoms with Crippen molar-refractivity contribution in [2.75, 3.05) is 13.7 Å². The van der Waals surface area contributed by atoms with Gasteiger partial charge in [0.1, 0.15) is 11.6 Å². The molecule has 0 unspecified atom stereocenters. The largest absolute Gasteiger partial charge is 0.454 e. The zero-order valence-corrected chi connectivity index (χ0v) is 11.7. The third-order valence-electron chi connectivity index (χ3n) is 2.99. The van der Waals surface area contributed by atoms with E-state index in [-0.39, 0.29) is 11.6 Å². The summed E-state index contributed by atoms with van der Waals surface area (Å²) in [5.41, 5.74) is 6.76. The highest BCUT2D eigenvalue weighted by atomic mass is 19.1. The Morgan fingerprint density at radius 3 is 2.48 bits per heavy atom. The standard InChI is InChI=1S/C16H17FN2O2/c1-20-9-8-11-2-5-13(6-3-11)21-15-7-4-12(16(18)19)10-14(15)17/h2-7,10H,8-9H2,1H3,(H3,18,19). The van der Waals surface area contributed by atoms with Gasteiger partial charge in [-0.15, -0.1) is 0 Å². The molecule has 0 saturated carbocycles. The molecule has 5 heteroatoms. The van der Waals surface area contributed by atoms with Crippen LogP contribution in [0.15, 0.2) is 42.5 Å². The summed E-state index contributed by atoms with van der Waals surface area (Å²) < 4.78 is 24.3. The number of nitrogens with two attached hydrogens (primary N) is 1. The number of halogens is 1. The second kappa shape index (κ2) is 6.85. The summed E-state index contributed by atoms with van der Waals surface area (Å²) in [6.45, 7) is 0.654. The molecule has 0 fully saturated rings. The normalized spacial score (nSPS) is 10.4. The topological polar surface area (TPSA) is 68.3 Å². The van der Waals surface area contributed by atoms with Gasteiger partial charge >= 0.3 is 0 Å². The number of benzene rings is 2. The predicted octanol–water partition coefficient (Wildman–Crippen LogP) is 3.09. The van der Waals surface area contributed by atoms with Gasteiger partial charge < -0.3 is 15.2 Å². The summed E-state index contributed by atoms with van der Waals surface area (Å²) in [4.78, 5) is 0. The first-order valence-electron chi connectivity index (χ1n) is 6.50. The molecule has 0 amide bonds. The van der Waals surface area contributed by atoms with Gasteiger partial charge in [0.25, 0.3) is 0 Å². The fourth-order valence-electron chi connectivity index (χ4n) is 1.82. The van der Waals surface area contributed by atoms with Crippen LogP contribution in [0.3, 0.4) is 0 Å². The van der Waals surface area contributed by atoms with Crippen LogP contribution >= 0.6 is 0 Å². The minimum Gasteiger partial charge on any atom is -0.454 e. The van der Waals surface area contributed by atoms with Crippen LogP contribution in [0, 0.1) is 11.2 Å². The summed E-state index contributed by atoms with van der Waals surface area (Å²) in [5, 5.41) is 7.26. The smallest absolute Gasteiger partial charge is 0.166 e. The molecule has 0 aliphatic rings. The Balaban J connectivity index is 2.09. The van der Waals surface area contributed by atoms with Crippen LogP contribution in [-0.4, -0.2) is 19.6 Å². The zero-order valence-electron chi connectivity index (χ0n) is 11.7. The zero-order chi connectivity index (χ0) is 15.2. The molecule has 0 spiro atoms. The second-order valence-electron chi connectivity index (χ2n) is 4.55. The molecule has 0 aliphatic carbocycles. The Labute approximate surface area is 122 Å². The Kier molecular flexibility index (Phi) is 4.90. The molecule has 21 heavy (non-hydrogen) atoms. The lowest BCUT2D eigenvalue weighted by molar-refractivity contribution is 0.202. The molecule has 0 heterocycles. The average molecular weight is 288 g/mol. The van der Waals surface area contributed by atoms with Crippen LogP contribution < -0.4 is 10.5 Å². The first kappa shape index (κ1) is 15.0. The number of hydrogen-bond acceptors (Lipinski definition) is 3. The summed E-state index contributed by atoms with van der Waals surface area (Å²) in [7, 11) is 1.66. The van der Waals surface area contributed by atoms with Crippen LogP contribution in [0.2, 0.25) is 0 Å². The van der Waals surface area contributed by atoms with Crippen molar-refractivity contribution in [3.05, 3.63) is 59.4 Å². The second-order valence-corrected chi connectivity index (χ2v) is 4.55. The highest BCUT2D eigenvalue weighted by Gasteiger charge is 2.07. The van der Waals surface area contributed by atoms with Gasteiger partial charge in [0.15, 0.2) is 11.6 Å². The van der Waals surface area contributed by atoms with Crippen LogP contribution in [0.5, 0.6) is 11.5 Å². The molecule has 2 rings (SSSR count). The highest BCUT2D eigenvalue weighted by molar-refractivity contribution is 5.95. The number of amidine groups is 1. The van der Waals surface area contributed by atoms with Crippen LogP contribution in [0.4, 0.5) is 4.39 Å². The number of ether oxygens (including phenoxy) is 2. The first-order chi connectivity index (χ1) is 10.1. The maximum Gasteiger partial charge on any atom is 0.166 e. The van der Waals surface area contributed by atoms with Crippen molar-refractivity contribution in [1.82, 2.24) is 0 Å². The molecular weight excluding hydrogens is 271 g/mol. The van der Waals surface area contributed by atoms with E-state index in [9.17, 15) is 4.39 Å². The van der Waals surface area contributed by atoms with Crippen molar-refractivity contribution < 1.29 is 13.9 Å². The Hall–Kier alpha value is -2.40. The van der Waals surface area contributed by atoms with E-state index in [2.05, 4.69) is 0 Å². The van der Waals surface area contributed by atoms with Gasteiger partial charge in [-0.1, -0.05) is 12.1 Å². The lowest BCUT2D eigenvalue weighted by Gasteiger charge is -2.09. The maximum atomic E-state index is 13.8. The van der Waals surface area contributed by atoms with Crippen molar-refractivity contribution >= 4 is 5.84 Å². The van der Waals surface area contributed by atoms with Gasteiger partial charge in [-0.25, -0.2) is 4.39 Å². The number of nitrogens with one attached hydrogen (secondary N) is 1. The molecule has 0 aliphatic heterocycles. The number of hydrogen-bond donors (Lipinski definition) is 2. The lowest BCUT2D eigenvalue weighted by atomic mass is 10.1. The van der Waals surface area contributed by atoms with E-state index in [4.69, 9.17) is 20.6 Å². The highest BCUT2D eigenvalue weighted by Crippen LogP contribution is 2.25. The summed E-state index contributed by atoms with van der Waals surface area (Å²) in [6.07, 6.45) is 0.818. The molecule has 0 radical (unpaired) electrons. The molecule has 0 atom stereocenters. The van der Waals surface area contributed by atoms with Gasteiger partial charge in [0, 0.05) is 12.7 Å². The molecule has 4 nitrogen and oxygen atoms in total. The van der Waals surface area contributed by atoms with E-state index in [1.54, 1.807) is 25.3 Å². The van der Waals surface area contributed by atoms with E-state index in [1.165, 1.54) is 12.1 Å². The molecule has 0 bridgehead atoms. The third kappa shape index (κ3) is 4.03. The summed E-state index contributed by atoms with van der Waals surface area (Å²) >= 11 is 0. The van der Waals surface area contributed by atoms with E-state index in [0.29, 0.717) is 17.9 Å². The SMILES string of the molecule is COCCc1ccc(Oc2ccc(C(=N)N)cc2F)cc1. The van der Waals surface area contributed by atoms with E-state index >= 15 is 0 Å². The van der Waals surface area contributed by atoms with Gasteiger partial charge in [-0.2, -0.15) is 0 Å². The molecule has 2 aromatic carbocycles. The Morgan fingerprint density at radius 1 is 1.19 bits per heavy atom. The number of rotatable bonds is 6. The van der Waals surface area contributed by atoms with Gasteiger partial charge in [-0.05, 0) is 42.3 Å². The van der Waals surface area contributed by atoms with Gasteiger partial charge in [0.2, 0.25) is 0 Å². The van der Waals surface area contributed by atoms with Crippen molar-refractivity contribution in [1.29, 1.82) is 5.41 Å². The lowest BCUT2D eigenvalue weighted by Crippen LogP contribution is -2.11. The number of nitrogen functional groups attached to an aromatic ring is 1. The third-order valence-corrected chi connectivity index (χ3v) is 2.99. The quantitative estimate of drug-likeness (QED) is 0.634. The average Bonchev–Trinajstić information content (AvgIpc) is 2.48. The van der Waals surface area contributed by atoms with Gasteiger partial charge in [0.05, 0.1) is 6.61 Å². The van der Waals surface area contributed by atoms with E-state index in [0.717, 1.165) is 12.0 Å². The van der Waals surface area contributed by atoms with Crippen LogP contribution in [-0.2, 0) is 11.2 Å². The summed E-state index contributed by atoms with van der Waals surface area (Å²) in [6, 6.07) is 11.6. The summed E-state index contributed by atoms with van der Waals surface area (Å²) in [5.74, 6) is -0.0793. The maximum absolute atomic E-state index is 13.8. The molecule has 0 aromatic heterocycles. The minimum atomic E-state index is -0.550. The van der Waals surface area contributed by atoms with Crippen molar-refractivity contribution in [2.45, 2.75) is 6.42 Å². The Morgan fingerprint density at radius 2 is 1.90 bits per heavy atom. The predicted molar refractivity (Wildman–Crippen MR) is 79.5 cm³/mol. The van der Waals surface area contributed by atoms with Crippen molar-refractivity contribution in [2.24, 2.45) is 5.73 Å². The van der Waals surface area contributed by atoms with Crippen molar-refractivity contribution in [3.8, 4) is 11.5 Å². The fourth-order valence-corrected chi connectivity index (χ4v) is 1.82. The molecule has 2 aromatic rings. The molecule has 110 valence electrons.